The third-order valence-electron chi connectivity index (χ3n) is 1.90. The van der Waals surface area contributed by atoms with Crippen LogP contribution >= 0.6 is 0 Å². The van der Waals surface area contributed by atoms with Crippen molar-refractivity contribution in [3.05, 3.63) is 36.7 Å². The zero-order valence-electron chi connectivity index (χ0n) is 9.53. The lowest BCUT2D eigenvalue weighted by Crippen LogP contribution is -2.18. The highest BCUT2D eigenvalue weighted by Crippen LogP contribution is 2.10. The van der Waals surface area contributed by atoms with Gasteiger partial charge in [0, 0.05) is 0 Å². The summed E-state index contributed by atoms with van der Waals surface area (Å²) in [7, 11) is 1.42. The Morgan fingerprint density at radius 3 is 2.72 bits per heavy atom. The molecule has 2 aromatic rings. The maximum Gasteiger partial charge on any atom is 0.419 e. The molecule has 0 aliphatic carbocycles. The number of rotatable bonds is 3. The highest BCUT2D eigenvalue weighted by atomic mass is 16.6. The number of carbonyl (C=O) groups excluding carboxylic acids is 1. The largest absolute Gasteiger partial charge is 0.467 e. The van der Waals surface area contributed by atoms with Crippen LogP contribution in [0.5, 0.6) is 11.8 Å². The van der Waals surface area contributed by atoms with Gasteiger partial charge in [0.25, 0.3) is 0 Å². The average Bonchev–Trinajstić information content (AvgIpc) is 2.40. The van der Waals surface area contributed by atoms with Crippen LogP contribution in [0.1, 0.15) is 0 Å². The first-order valence-electron chi connectivity index (χ1n) is 5.05. The van der Waals surface area contributed by atoms with E-state index in [-0.39, 0.29) is 12.0 Å². The molecule has 0 fully saturated rings. The molecule has 0 aliphatic rings. The van der Waals surface area contributed by atoms with Crippen molar-refractivity contribution < 1.29 is 14.3 Å². The summed E-state index contributed by atoms with van der Waals surface area (Å²) in [4.78, 5) is 22.8. The van der Waals surface area contributed by atoms with Crippen molar-refractivity contribution in [2.45, 2.75) is 0 Å². The van der Waals surface area contributed by atoms with E-state index in [2.05, 4.69) is 20.3 Å². The van der Waals surface area contributed by atoms with Gasteiger partial charge in [-0.2, -0.15) is 9.97 Å². The van der Waals surface area contributed by atoms with Gasteiger partial charge in [-0.1, -0.05) is 18.2 Å². The Hall–Kier alpha value is -2.70. The summed E-state index contributed by atoms with van der Waals surface area (Å²) in [5, 5.41) is 2.36. The molecule has 0 saturated carbocycles. The highest BCUT2D eigenvalue weighted by molar-refractivity contribution is 5.84. The summed E-state index contributed by atoms with van der Waals surface area (Å²) in [5.74, 6) is 0.485. The van der Waals surface area contributed by atoms with Crippen LogP contribution in [0.3, 0.4) is 0 Å². The van der Waals surface area contributed by atoms with Crippen molar-refractivity contribution in [1.82, 2.24) is 15.0 Å². The number of aromatic nitrogens is 3. The van der Waals surface area contributed by atoms with E-state index in [1.54, 1.807) is 24.3 Å². The Morgan fingerprint density at radius 2 is 2.00 bits per heavy atom. The molecule has 0 bridgehead atoms. The minimum atomic E-state index is -0.686. The normalized spacial score (nSPS) is 9.61. The molecular weight excluding hydrogens is 236 g/mol. The fraction of sp³-hybridized carbons (Fsp3) is 0.0909. The molecule has 18 heavy (non-hydrogen) atoms. The van der Waals surface area contributed by atoms with Gasteiger partial charge in [0.05, 0.1) is 7.11 Å². The van der Waals surface area contributed by atoms with E-state index >= 15 is 0 Å². The topological polar surface area (TPSA) is 86.2 Å². The summed E-state index contributed by atoms with van der Waals surface area (Å²) in [5.41, 5.74) is 0. The summed E-state index contributed by atoms with van der Waals surface area (Å²) in [6.45, 7) is 0. The Kier molecular flexibility index (Phi) is 3.65. The Labute approximate surface area is 103 Å². The van der Waals surface area contributed by atoms with Crippen molar-refractivity contribution in [2.24, 2.45) is 0 Å². The van der Waals surface area contributed by atoms with Crippen molar-refractivity contribution in [3.63, 3.8) is 0 Å². The van der Waals surface area contributed by atoms with E-state index in [9.17, 15) is 4.79 Å². The summed E-state index contributed by atoms with van der Waals surface area (Å²) < 4.78 is 9.80. The van der Waals surface area contributed by atoms with Crippen molar-refractivity contribution in [3.8, 4) is 11.8 Å². The van der Waals surface area contributed by atoms with Crippen molar-refractivity contribution in [2.75, 3.05) is 12.4 Å². The number of nitrogens with zero attached hydrogens (tertiary/aromatic N) is 3. The number of methoxy groups -OCH3 is 1. The summed E-state index contributed by atoms with van der Waals surface area (Å²) in [6.07, 6.45) is 0.540. The number of para-hydroxylation sites is 1. The first kappa shape index (κ1) is 11.8. The molecule has 92 valence electrons. The maximum atomic E-state index is 11.5. The SMILES string of the molecule is COc1ncnc(NC(=O)Oc2ccccc2)n1. The molecule has 1 N–H and O–H groups in total. The Morgan fingerprint density at radius 1 is 1.22 bits per heavy atom. The van der Waals surface area contributed by atoms with Gasteiger partial charge in [0.1, 0.15) is 12.1 Å². The number of nitrogens with one attached hydrogen (secondary N) is 1. The van der Waals surface area contributed by atoms with Gasteiger partial charge in [0.2, 0.25) is 5.95 Å². The van der Waals surface area contributed by atoms with E-state index in [1.165, 1.54) is 13.4 Å². The molecule has 0 saturated heterocycles. The second-order valence-corrected chi connectivity index (χ2v) is 3.12. The first-order valence-corrected chi connectivity index (χ1v) is 5.05. The molecule has 1 aromatic heterocycles. The predicted molar refractivity (Wildman–Crippen MR) is 62.5 cm³/mol. The fourth-order valence-corrected chi connectivity index (χ4v) is 1.15. The zero-order valence-corrected chi connectivity index (χ0v) is 9.53. The van der Waals surface area contributed by atoms with Gasteiger partial charge in [0.15, 0.2) is 0 Å². The number of benzene rings is 1. The molecule has 0 atom stereocenters. The highest BCUT2D eigenvalue weighted by Gasteiger charge is 2.07. The molecule has 0 radical (unpaired) electrons. The molecular formula is C11H10N4O3. The minimum absolute atomic E-state index is 0.0581. The third kappa shape index (κ3) is 3.14. The monoisotopic (exact) mass is 246 g/mol. The van der Waals surface area contributed by atoms with E-state index in [0.29, 0.717) is 5.75 Å². The van der Waals surface area contributed by atoms with E-state index in [0.717, 1.165) is 0 Å². The standard InChI is InChI=1S/C11H10N4O3/c1-17-10-13-7-12-9(14-10)15-11(16)18-8-5-3-2-4-6-8/h2-7H,1H3,(H,12,13,14,15,16). The molecule has 1 amide bonds. The number of carbonyl (C=O) groups is 1. The lowest BCUT2D eigenvalue weighted by Gasteiger charge is -2.05. The van der Waals surface area contributed by atoms with Crippen molar-refractivity contribution >= 4 is 12.0 Å². The van der Waals surface area contributed by atoms with Gasteiger partial charge < -0.3 is 9.47 Å². The molecule has 0 aliphatic heterocycles. The molecule has 0 spiro atoms. The number of ether oxygens (including phenoxy) is 2. The van der Waals surface area contributed by atoms with Crippen LogP contribution in [0.2, 0.25) is 0 Å². The minimum Gasteiger partial charge on any atom is -0.467 e. The molecule has 2 rings (SSSR count). The van der Waals surface area contributed by atoms with E-state index in [1.807, 2.05) is 6.07 Å². The fourth-order valence-electron chi connectivity index (χ4n) is 1.15. The van der Waals surface area contributed by atoms with Crippen LogP contribution < -0.4 is 14.8 Å². The lowest BCUT2D eigenvalue weighted by atomic mass is 10.3. The third-order valence-corrected chi connectivity index (χ3v) is 1.90. The first-order chi connectivity index (χ1) is 8.78. The Bertz CT molecular complexity index is 533. The summed E-state index contributed by atoms with van der Waals surface area (Å²) in [6, 6.07) is 8.77. The molecule has 0 unspecified atom stereocenters. The lowest BCUT2D eigenvalue weighted by molar-refractivity contribution is 0.215. The average molecular weight is 246 g/mol. The van der Waals surface area contributed by atoms with Crippen LogP contribution in [0.15, 0.2) is 36.7 Å². The second-order valence-electron chi connectivity index (χ2n) is 3.12. The van der Waals surface area contributed by atoms with E-state index in [4.69, 9.17) is 9.47 Å². The maximum absolute atomic E-state index is 11.5. The van der Waals surface area contributed by atoms with Crippen molar-refractivity contribution in [1.29, 1.82) is 0 Å². The predicted octanol–water partition coefficient (Wildman–Crippen LogP) is 1.49. The zero-order chi connectivity index (χ0) is 12.8. The number of anilines is 1. The van der Waals surface area contributed by atoms with Crippen LogP contribution in [0, 0.1) is 0 Å². The van der Waals surface area contributed by atoms with Gasteiger partial charge in [-0.15, -0.1) is 0 Å². The quantitative estimate of drug-likeness (QED) is 0.882. The number of hydrogen-bond acceptors (Lipinski definition) is 6. The molecule has 7 nitrogen and oxygen atoms in total. The molecule has 1 heterocycles. The molecule has 7 heteroatoms. The number of hydrogen-bond donors (Lipinski definition) is 1. The van der Waals surface area contributed by atoms with Crippen LogP contribution in [0.25, 0.3) is 0 Å². The van der Waals surface area contributed by atoms with Gasteiger partial charge in [-0.05, 0) is 12.1 Å². The number of amides is 1. The van der Waals surface area contributed by atoms with Crippen LogP contribution in [-0.2, 0) is 0 Å². The van der Waals surface area contributed by atoms with Gasteiger partial charge in [-0.25, -0.2) is 9.78 Å². The van der Waals surface area contributed by atoms with Crippen LogP contribution in [-0.4, -0.2) is 28.2 Å². The summed E-state index contributed by atoms with van der Waals surface area (Å²) >= 11 is 0. The van der Waals surface area contributed by atoms with E-state index < -0.39 is 6.09 Å². The van der Waals surface area contributed by atoms with Crippen LogP contribution in [0.4, 0.5) is 10.7 Å². The molecule has 1 aromatic carbocycles. The Balaban J connectivity index is 1.99. The second kappa shape index (κ2) is 5.58. The smallest absolute Gasteiger partial charge is 0.419 e. The van der Waals surface area contributed by atoms with Gasteiger partial charge in [-0.3, -0.25) is 5.32 Å². The van der Waals surface area contributed by atoms with Gasteiger partial charge >= 0.3 is 12.1 Å².